The number of H-pyrrole nitrogens is 1. The van der Waals surface area contributed by atoms with E-state index in [4.69, 9.17) is 4.74 Å². The Morgan fingerprint density at radius 3 is 2.57 bits per heavy atom. The highest BCUT2D eigenvalue weighted by Crippen LogP contribution is 2.24. The number of hydrogen-bond donors (Lipinski definition) is 2. The van der Waals surface area contributed by atoms with Gasteiger partial charge >= 0.3 is 0 Å². The number of amides is 1. The molecule has 0 aliphatic heterocycles. The molecule has 2 N–H and O–H groups in total. The summed E-state index contributed by atoms with van der Waals surface area (Å²) in [5.74, 6) is 1.87. The maximum atomic E-state index is 12.3. The van der Waals surface area contributed by atoms with Crippen molar-refractivity contribution in [3.05, 3.63) is 95.0 Å². The normalized spacial score (nSPS) is 10.7. The van der Waals surface area contributed by atoms with E-state index in [0.29, 0.717) is 47.4 Å². The summed E-state index contributed by atoms with van der Waals surface area (Å²) in [7, 11) is 0. The summed E-state index contributed by atoms with van der Waals surface area (Å²) in [6.07, 6.45) is 1.41. The molecule has 0 radical (unpaired) electrons. The van der Waals surface area contributed by atoms with Gasteiger partial charge < -0.3 is 15.0 Å². The van der Waals surface area contributed by atoms with Crippen LogP contribution in [0.25, 0.3) is 10.9 Å². The van der Waals surface area contributed by atoms with Gasteiger partial charge in [0, 0.05) is 24.6 Å². The zero-order chi connectivity index (χ0) is 20.8. The molecule has 0 saturated carbocycles. The smallest absolute Gasteiger partial charge is 0.258 e. The van der Waals surface area contributed by atoms with Crippen LogP contribution in [-0.2, 0) is 11.2 Å². The number of hydrogen-bond acceptors (Lipinski definition) is 4. The Morgan fingerprint density at radius 1 is 0.933 bits per heavy atom. The number of carbonyl (C=O) groups is 1. The van der Waals surface area contributed by atoms with Gasteiger partial charge in [-0.05, 0) is 42.8 Å². The number of aryl methyl sites for hydroxylation is 1. The molecule has 0 aliphatic rings. The Bertz CT molecular complexity index is 1220. The van der Waals surface area contributed by atoms with Crippen LogP contribution in [0.2, 0.25) is 0 Å². The first-order valence-corrected chi connectivity index (χ1v) is 9.78. The molecule has 30 heavy (non-hydrogen) atoms. The maximum absolute atomic E-state index is 12.3. The van der Waals surface area contributed by atoms with Gasteiger partial charge in [-0.2, -0.15) is 0 Å². The summed E-state index contributed by atoms with van der Waals surface area (Å²) in [5, 5.41) is 3.45. The fourth-order valence-electron chi connectivity index (χ4n) is 3.16. The molecule has 0 fully saturated rings. The van der Waals surface area contributed by atoms with Crippen molar-refractivity contribution in [2.75, 3.05) is 5.32 Å². The van der Waals surface area contributed by atoms with Crippen molar-refractivity contribution < 1.29 is 9.53 Å². The van der Waals surface area contributed by atoms with Crippen LogP contribution in [-0.4, -0.2) is 15.9 Å². The van der Waals surface area contributed by atoms with Gasteiger partial charge in [0.05, 0.1) is 10.9 Å². The third-order valence-electron chi connectivity index (χ3n) is 4.58. The number of anilines is 1. The van der Waals surface area contributed by atoms with E-state index in [0.717, 1.165) is 5.75 Å². The molecule has 0 saturated heterocycles. The molecular formula is C24H21N3O3. The summed E-state index contributed by atoms with van der Waals surface area (Å²) in [6.45, 7) is 0. The van der Waals surface area contributed by atoms with Crippen molar-refractivity contribution in [3.63, 3.8) is 0 Å². The fourth-order valence-corrected chi connectivity index (χ4v) is 3.16. The molecule has 0 atom stereocenters. The average molecular weight is 399 g/mol. The zero-order valence-electron chi connectivity index (χ0n) is 16.3. The van der Waals surface area contributed by atoms with Gasteiger partial charge in [0.25, 0.3) is 5.56 Å². The van der Waals surface area contributed by atoms with Crippen LogP contribution >= 0.6 is 0 Å². The Labute approximate surface area is 173 Å². The quantitative estimate of drug-likeness (QED) is 0.473. The van der Waals surface area contributed by atoms with Crippen molar-refractivity contribution in [3.8, 4) is 11.5 Å². The number of fused-ring (bicyclic) bond motifs is 1. The maximum Gasteiger partial charge on any atom is 0.258 e. The Balaban J connectivity index is 1.32. The van der Waals surface area contributed by atoms with Gasteiger partial charge in [-0.25, -0.2) is 4.98 Å². The molecule has 1 heterocycles. The van der Waals surface area contributed by atoms with Crippen LogP contribution in [0.3, 0.4) is 0 Å². The van der Waals surface area contributed by atoms with Gasteiger partial charge in [0.2, 0.25) is 5.91 Å². The molecule has 6 heteroatoms. The number of benzene rings is 3. The van der Waals surface area contributed by atoms with E-state index in [2.05, 4.69) is 15.3 Å². The molecule has 1 aromatic heterocycles. The molecule has 0 bridgehead atoms. The number of aromatic nitrogens is 2. The first-order valence-electron chi connectivity index (χ1n) is 9.78. The lowest BCUT2D eigenvalue weighted by atomic mass is 10.2. The second-order valence-electron chi connectivity index (χ2n) is 6.87. The second kappa shape index (κ2) is 9.05. The Hall–Kier alpha value is -3.93. The first kappa shape index (κ1) is 19.4. The highest BCUT2D eigenvalue weighted by molar-refractivity contribution is 5.90. The van der Waals surface area contributed by atoms with E-state index in [1.807, 2.05) is 66.7 Å². The average Bonchev–Trinajstić information content (AvgIpc) is 2.75. The minimum Gasteiger partial charge on any atom is -0.457 e. The number of nitrogens with zero attached hydrogens (tertiary/aromatic N) is 1. The van der Waals surface area contributed by atoms with E-state index in [1.54, 1.807) is 12.1 Å². The number of nitrogens with one attached hydrogen (secondary N) is 2. The Kier molecular flexibility index (Phi) is 5.85. The van der Waals surface area contributed by atoms with Crippen LogP contribution in [0.1, 0.15) is 18.7 Å². The topological polar surface area (TPSA) is 84.1 Å². The summed E-state index contributed by atoms with van der Waals surface area (Å²) in [5.41, 5.74) is 1.18. The van der Waals surface area contributed by atoms with Gasteiger partial charge in [0.15, 0.2) is 0 Å². The first-order chi connectivity index (χ1) is 14.7. The van der Waals surface area contributed by atoms with Gasteiger partial charge in [-0.3, -0.25) is 9.59 Å². The monoisotopic (exact) mass is 399 g/mol. The molecule has 0 aliphatic carbocycles. The lowest BCUT2D eigenvalue weighted by Gasteiger charge is -2.09. The van der Waals surface area contributed by atoms with E-state index < -0.39 is 0 Å². The van der Waals surface area contributed by atoms with Crippen LogP contribution < -0.4 is 15.6 Å². The zero-order valence-corrected chi connectivity index (χ0v) is 16.3. The molecule has 0 spiro atoms. The molecule has 150 valence electrons. The highest BCUT2D eigenvalue weighted by Gasteiger charge is 2.07. The van der Waals surface area contributed by atoms with Crippen molar-refractivity contribution in [2.24, 2.45) is 0 Å². The lowest BCUT2D eigenvalue weighted by molar-refractivity contribution is -0.116. The molecule has 4 rings (SSSR count). The van der Waals surface area contributed by atoms with E-state index in [-0.39, 0.29) is 11.5 Å². The summed E-state index contributed by atoms with van der Waals surface area (Å²) < 4.78 is 5.79. The minimum atomic E-state index is -0.157. The van der Waals surface area contributed by atoms with Crippen LogP contribution in [0.15, 0.2) is 83.7 Å². The standard InChI is InChI=1S/C24H21N3O3/c28-23(15-7-14-22-26-21-13-5-4-12-20(21)24(29)27-22)25-17-8-6-11-19(16-17)30-18-9-2-1-3-10-18/h1-6,8-13,16H,7,14-15H2,(H,25,28)(H,26,27,29). The highest BCUT2D eigenvalue weighted by atomic mass is 16.5. The van der Waals surface area contributed by atoms with Crippen molar-refractivity contribution >= 4 is 22.5 Å². The third kappa shape index (κ3) is 4.91. The number of rotatable bonds is 7. The molecule has 1 amide bonds. The van der Waals surface area contributed by atoms with E-state index in [1.165, 1.54) is 0 Å². The third-order valence-corrected chi connectivity index (χ3v) is 4.58. The second-order valence-corrected chi connectivity index (χ2v) is 6.87. The number of ether oxygens (including phenoxy) is 1. The number of aromatic amines is 1. The van der Waals surface area contributed by atoms with Crippen molar-refractivity contribution in [1.82, 2.24) is 9.97 Å². The van der Waals surface area contributed by atoms with E-state index in [9.17, 15) is 9.59 Å². The molecule has 4 aromatic rings. The molecular weight excluding hydrogens is 378 g/mol. The molecule has 3 aromatic carbocycles. The number of carbonyl (C=O) groups excluding carboxylic acids is 1. The van der Waals surface area contributed by atoms with Crippen molar-refractivity contribution in [1.29, 1.82) is 0 Å². The van der Waals surface area contributed by atoms with Gasteiger partial charge in [-0.1, -0.05) is 36.4 Å². The predicted octanol–water partition coefficient (Wildman–Crippen LogP) is 4.68. The van der Waals surface area contributed by atoms with Crippen molar-refractivity contribution in [2.45, 2.75) is 19.3 Å². The van der Waals surface area contributed by atoms with E-state index >= 15 is 0 Å². The minimum absolute atomic E-state index is 0.102. The number of para-hydroxylation sites is 2. The fraction of sp³-hybridized carbons (Fsp3) is 0.125. The summed E-state index contributed by atoms with van der Waals surface area (Å²) >= 11 is 0. The lowest BCUT2D eigenvalue weighted by Crippen LogP contribution is -2.14. The van der Waals surface area contributed by atoms with Crippen LogP contribution in [0.4, 0.5) is 5.69 Å². The Morgan fingerprint density at radius 2 is 1.70 bits per heavy atom. The van der Waals surface area contributed by atoms with Crippen LogP contribution in [0, 0.1) is 0 Å². The summed E-state index contributed by atoms with van der Waals surface area (Å²) in [6, 6.07) is 24.0. The molecule has 6 nitrogen and oxygen atoms in total. The van der Waals surface area contributed by atoms with Crippen LogP contribution in [0.5, 0.6) is 11.5 Å². The van der Waals surface area contributed by atoms with Gasteiger partial charge in [0.1, 0.15) is 17.3 Å². The van der Waals surface area contributed by atoms with Gasteiger partial charge in [-0.15, -0.1) is 0 Å². The SMILES string of the molecule is O=C(CCCc1nc2ccccc2c(=O)[nH]1)Nc1cccc(Oc2ccccc2)c1. The predicted molar refractivity (Wildman–Crippen MR) is 117 cm³/mol. The summed E-state index contributed by atoms with van der Waals surface area (Å²) in [4.78, 5) is 31.7. The molecule has 0 unspecified atom stereocenters. The largest absolute Gasteiger partial charge is 0.457 e.